The van der Waals surface area contributed by atoms with E-state index in [1.807, 2.05) is 0 Å². The minimum Gasteiger partial charge on any atom is -0.336 e. The molecule has 2 heterocycles. The lowest BCUT2D eigenvalue weighted by Crippen LogP contribution is -2.16. The summed E-state index contributed by atoms with van der Waals surface area (Å²) in [5.41, 5.74) is 1.70. The molecule has 0 amide bonds. The molecule has 3 rings (SSSR count). The number of nitrogens with zero attached hydrogens (tertiary/aromatic N) is 3. The maximum atomic E-state index is 11.2. The molecule has 72 valence electrons. The van der Waals surface area contributed by atoms with Gasteiger partial charge < -0.3 is 10.8 Å². The van der Waals surface area contributed by atoms with Crippen LogP contribution in [0.15, 0.2) is 11.1 Å². The van der Waals surface area contributed by atoms with Crippen LogP contribution in [0, 0.1) is 0 Å². The number of hydrogen-bond donors (Lipinski definition) is 2. The number of imidazole rings is 1. The van der Waals surface area contributed by atoms with Crippen molar-refractivity contribution in [2.24, 2.45) is 0 Å². The molecular formula is C8H9N5O. The van der Waals surface area contributed by atoms with Gasteiger partial charge in [0.2, 0.25) is 0 Å². The Bertz CT molecular complexity index is 550. The van der Waals surface area contributed by atoms with Crippen LogP contribution in [-0.4, -0.2) is 19.6 Å². The van der Waals surface area contributed by atoms with Crippen LogP contribution in [0.25, 0.3) is 11.2 Å². The predicted molar refractivity (Wildman–Crippen MR) is 50.3 cm³/mol. The fourth-order valence-electron chi connectivity index (χ4n) is 1.62. The van der Waals surface area contributed by atoms with E-state index < -0.39 is 0 Å². The van der Waals surface area contributed by atoms with E-state index in [2.05, 4.69) is 15.0 Å². The minimum atomic E-state index is -0.355. The van der Waals surface area contributed by atoms with Crippen molar-refractivity contribution in [2.75, 3.05) is 5.84 Å². The zero-order valence-corrected chi connectivity index (χ0v) is 7.40. The van der Waals surface area contributed by atoms with Gasteiger partial charge in [-0.25, -0.2) is 14.5 Å². The summed E-state index contributed by atoms with van der Waals surface area (Å²) in [5, 5.41) is 0. The van der Waals surface area contributed by atoms with E-state index in [1.165, 1.54) is 11.0 Å². The summed E-state index contributed by atoms with van der Waals surface area (Å²) in [4.78, 5) is 21.8. The van der Waals surface area contributed by atoms with Gasteiger partial charge in [-0.2, -0.15) is 4.98 Å². The van der Waals surface area contributed by atoms with Crippen molar-refractivity contribution >= 4 is 11.2 Å². The van der Waals surface area contributed by atoms with Gasteiger partial charge in [0.15, 0.2) is 5.65 Å². The van der Waals surface area contributed by atoms with Crippen molar-refractivity contribution in [3.63, 3.8) is 0 Å². The summed E-state index contributed by atoms with van der Waals surface area (Å²) in [5.74, 6) is 6.01. The highest BCUT2D eigenvalue weighted by molar-refractivity contribution is 5.74. The first-order chi connectivity index (χ1) is 6.75. The average molecular weight is 191 g/mol. The molecule has 0 atom stereocenters. The van der Waals surface area contributed by atoms with E-state index in [-0.39, 0.29) is 5.69 Å². The van der Waals surface area contributed by atoms with Crippen molar-refractivity contribution in [3.8, 4) is 0 Å². The van der Waals surface area contributed by atoms with Crippen LogP contribution < -0.4 is 11.5 Å². The Kier molecular flexibility index (Phi) is 1.26. The number of nitrogens with one attached hydrogen (secondary N) is 1. The molecule has 2 aromatic heterocycles. The smallest absolute Gasteiger partial charge is 0.336 e. The number of aromatic nitrogens is 4. The Morgan fingerprint density at radius 1 is 1.57 bits per heavy atom. The number of H-pyrrole nitrogens is 1. The molecule has 0 radical (unpaired) electrons. The first kappa shape index (κ1) is 7.54. The van der Waals surface area contributed by atoms with E-state index >= 15 is 0 Å². The fraction of sp³-hybridized carbons (Fsp3) is 0.375. The van der Waals surface area contributed by atoms with Gasteiger partial charge in [-0.05, 0) is 12.8 Å². The Labute approximate surface area is 78.8 Å². The third kappa shape index (κ3) is 0.935. The summed E-state index contributed by atoms with van der Waals surface area (Å²) in [7, 11) is 0. The summed E-state index contributed by atoms with van der Waals surface area (Å²) in [6, 6.07) is 0. The largest absolute Gasteiger partial charge is 0.347 e. The second-order valence-corrected chi connectivity index (χ2v) is 3.55. The fourth-order valence-corrected chi connectivity index (χ4v) is 1.62. The number of fused-ring (bicyclic) bond motifs is 1. The molecule has 0 aliphatic heterocycles. The van der Waals surface area contributed by atoms with Crippen LogP contribution in [0.5, 0.6) is 0 Å². The van der Waals surface area contributed by atoms with Crippen LogP contribution in [0.2, 0.25) is 0 Å². The van der Waals surface area contributed by atoms with E-state index in [0.717, 1.165) is 24.1 Å². The normalized spacial score (nSPS) is 16.3. The second-order valence-electron chi connectivity index (χ2n) is 3.55. The predicted octanol–water partition coefficient (Wildman–Crippen LogP) is -0.289. The molecule has 2 aromatic rings. The summed E-state index contributed by atoms with van der Waals surface area (Å²) in [6.07, 6.45) is 3.68. The minimum absolute atomic E-state index is 0.355. The van der Waals surface area contributed by atoms with Gasteiger partial charge >= 0.3 is 5.69 Å². The lowest BCUT2D eigenvalue weighted by Gasteiger charge is -1.98. The molecule has 1 aliphatic rings. The molecule has 14 heavy (non-hydrogen) atoms. The van der Waals surface area contributed by atoms with Crippen LogP contribution in [0.4, 0.5) is 0 Å². The lowest BCUT2D eigenvalue weighted by atomic mass is 10.2. The van der Waals surface area contributed by atoms with Gasteiger partial charge in [0, 0.05) is 5.92 Å². The van der Waals surface area contributed by atoms with E-state index in [0.29, 0.717) is 11.6 Å². The highest BCUT2D eigenvalue weighted by atomic mass is 16.1. The molecule has 0 bridgehead atoms. The van der Waals surface area contributed by atoms with Crippen molar-refractivity contribution in [2.45, 2.75) is 18.8 Å². The third-order valence-corrected chi connectivity index (χ3v) is 2.46. The van der Waals surface area contributed by atoms with Crippen LogP contribution >= 0.6 is 0 Å². The SMILES string of the molecule is Nn1cnc2c(C3CC3)[nH]c(=O)nc21. The molecule has 1 saturated carbocycles. The van der Waals surface area contributed by atoms with Crippen molar-refractivity contribution < 1.29 is 0 Å². The van der Waals surface area contributed by atoms with E-state index in [1.54, 1.807) is 0 Å². The highest BCUT2D eigenvalue weighted by Crippen LogP contribution is 2.40. The monoisotopic (exact) mass is 191 g/mol. The van der Waals surface area contributed by atoms with Gasteiger partial charge in [0.1, 0.15) is 11.8 Å². The standard InChI is InChI=1S/C8H9N5O/c9-13-3-10-6-5(4-1-2-4)11-8(14)12-7(6)13/h3-4H,1-2,9H2,(H,11,12,14). The zero-order chi connectivity index (χ0) is 9.71. The number of hydrogen-bond acceptors (Lipinski definition) is 4. The van der Waals surface area contributed by atoms with Crippen molar-refractivity contribution in [1.82, 2.24) is 19.6 Å². The van der Waals surface area contributed by atoms with Gasteiger partial charge in [-0.1, -0.05) is 0 Å². The van der Waals surface area contributed by atoms with E-state index in [9.17, 15) is 4.79 Å². The quantitative estimate of drug-likeness (QED) is 0.606. The molecule has 0 unspecified atom stereocenters. The van der Waals surface area contributed by atoms with Crippen LogP contribution in [0.3, 0.4) is 0 Å². The lowest BCUT2D eigenvalue weighted by molar-refractivity contribution is 0.953. The summed E-state index contributed by atoms with van der Waals surface area (Å²) >= 11 is 0. The van der Waals surface area contributed by atoms with Crippen LogP contribution in [0.1, 0.15) is 24.5 Å². The molecule has 1 aliphatic carbocycles. The van der Waals surface area contributed by atoms with Crippen molar-refractivity contribution in [1.29, 1.82) is 0 Å². The molecule has 0 spiro atoms. The van der Waals surface area contributed by atoms with E-state index in [4.69, 9.17) is 5.84 Å². The number of rotatable bonds is 1. The number of aromatic amines is 1. The van der Waals surface area contributed by atoms with Crippen LogP contribution in [-0.2, 0) is 0 Å². The summed E-state index contributed by atoms with van der Waals surface area (Å²) < 4.78 is 1.27. The number of nitrogens with two attached hydrogens (primary N) is 1. The topological polar surface area (TPSA) is 89.6 Å². The zero-order valence-electron chi connectivity index (χ0n) is 7.40. The molecule has 1 fully saturated rings. The molecule has 0 saturated heterocycles. The maximum Gasteiger partial charge on any atom is 0.347 e. The Morgan fingerprint density at radius 2 is 2.36 bits per heavy atom. The molecule has 0 aromatic carbocycles. The number of nitrogen functional groups attached to an aromatic ring is 1. The first-order valence-electron chi connectivity index (χ1n) is 4.48. The van der Waals surface area contributed by atoms with Gasteiger partial charge in [-0.15, -0.1) is 0 Å². The Balaban J connectivity index is 2.41. The average Bonchev–Trinajstić information content (AvgIpc) is 2.93. The first-order valence-corrected chi connectivity index (χ1v) is 4.48. The summed E-state index contributed by atoms with van der Waals surface area (Å²) in [6.45, 7) is 0. The molecule has 3 N–H and O–H groups in total. The van der Waals surface area contributed by atoms with Gasteiger partial charge in [0.25, 0.3) is 0 Å². The highest BCUT2D eigenvalue weighted by Gasteiger charge is 2.28. The maximum absolute atomic E-state index is 11.2. The van der Waals surface area contributed by atoms with Gasteiger partial charge in [-0.3, -0.25) is 0 Å². The molecular weight excluding hydrogens is 182 g/mol. The van der Waals surface area contributed by atoms with Gasteiger partial charge in [0.05, 0.1) is 5.69 Å². The Morgan fingerprint density at radius 3 is 3.07 bits per heavy atom. The third-order valence-electron chi connectivity index (χ3n) is 2.46. The van der Waals surface area contributed by atoms with Crippen molar-refractivity contribution in [3.05, 3.63) is 22.5 Å². The Hall–Kier alpha value is -1.85. The molecule has 6 nitrogen and oxygen atoms in total. The molecule has 6 heteroatoms. The second kappa shape index (κ2) is 2.34.